The van der Waals surface area contributed by atoms with Crippen LogP contribution in [0.5, 0.6) is 5.75 Å². The Hall–Kier alpha value is -3.08. The number of rotatable bonds is 5. The van der Waals surface area contributed by atoms with Crippen LogP contribution in [0.1, 0.15) is 13.8 Å². The van der Waals surface area contributed by atoms with Crippen LogP contribution < -0.4 is 10.4 Å². The summed E-state index contributed by atoms with van der Waals surface area (Å²) < 4.78 is 10.9. The SMILES string of the molecule is CC(C)(COc1ccc2c(-c3ccccc3)cc(=O)oc2c1)C(=O)O. The molecule has 0 radical (unpaired) electrons. The van der Waals surface area contributed by atoms with Gasteiger partial charge in [0.25, 0.3) is 0 Å². The molecule has 5 heteroatoms. The molecule has 0 atom stereocenters. The highest BCUT2D eigenvalue weighted by Gasteiger charge is 2.28. The Bertz CT molecular complexity index is 970. The van der Waals surface area contributed by atoms with Crippen LogP contribution in [0, 0.1) is 5.41 Å². The first-order valence-corrected chi connectivity index (χ1v) is 7.86. The lowest BCUT2D eigenvalue weighted by molar-refractivity contribution is -0.148. The standard InChI is InChI=1S/C20H18O5/c1-20(2,19(22)23)12-24-14-8-9-15-16(13-6-4-3-5-7-13)11-18(21)25-17(15)10-14/h3-11H,12H2,1-2H3,(H,22,23). The van der Waals surface area contributed by atoms with Gasteiger partial charge in [-0.1, -0.05) is 30.3 Å². The first kappa shape index (κ1) is 16.8. The average Bonchev–Trinajstić information content (AvgIpc) is 2.59. The number of hydrogen-bond donors (Lipinski definition) is 1. The van der Waals surface area contributed by atoms with Gasteiger partial charge >= 0.3 is 11.6 Å². The van der Waals surface area contributed by atoms with Crippen molar-refractivity contribution in [1.82, 2.24) is 0 Å². The van der Waals surface area contributed by atoms with Gasteiger partial charge in [-0.05, 0) is 37.1 Å². The largest absolute Gasteiger partial charge is 0.492 e. The number of hydrogen-bond acceptors (Lipinski definition) is 4. The van der Waals surface area contributed by atoms with Crippen LogP contribution in [-0.4, -0.2) is 17.7 Å². The highest BCUT2D eigenvalue weighted by molar-refractivity contribution is 5.93. The number of fused-ring (bicyclic) bond motifs is 1. The fraction of sp³-hybridized carbons (Fsp3) is 0.200. The Balaban J connectivity index is 1.99. The molecular weight excluding hydrogens is 320 g/mol. The third kappa shape index (κ3) is 3.55. The predicted octanol–water partition coefficient (Wildman–Crippen LogP) is 3.95. The summed E-state index contributed by atoms with van der Waals surface area (Å²) in [6, 6.07) is 16.2. The van der Waals surface area contributed by atoms with Gasteiger partial charge in [0.2, 0.25) is 0 Å². The number of carboxylic acid groups (broad SMARTS) is 1. The van der Waals surface area contributed by atoms with Crippen LogP contribution in [-0.2, 0) is 4.79 Å². The molecule has 1 aromatic heterocycles. The topological polar surface area (TPSA) is 76.7 Å². The second kappa shape index (κ2) is 6.43. The minimum Gasteiger partial charge on any atom is -0.492 e. The maximum Gasteiger partial charge on any atom is 0.336 e. The zero-order valence-electron chi connectivity index (χ0n) is 14.0. The third-order valence-corrected chi connectivity index (χ3v) is 3.98. The number of carbonyl (C=O) groups is 1. The zero-order chi connectivity index (χ0) is 18.0. The van der Waals surface area contributed by atoms with Crippen LogP contribution in [0.2, 0.25) is 0 Å². The molecule has 3 rings (SSSR count). The number of benzene rings is 2. The molecule has 5 nitrogen and oxygen atoms in total. The van der Waals surface area contributed by atoms with Gasteiger partial charge in [0.05, 0.1) is 5.41 Å². The van der Waals surface area contributed by atoms with E-state index in [-0.39, 0.29) is 6.61 Å². The molecule has 0 fully saturated rings. The molecule has 0 saturated carbocycles. The molecule has 1 heterocycles. The quantitative estimate of drug-likeness (QED) is 0.713. The molecule has 0 aliphatic carbocycles. The van der Waals surface area contributed by atoms with E-state index in [1.807, 2.05) is 36.4 Å². The molecule has 128 valence electrons. The van der Waals surface area contributed by atoms with Crippen molar-refractivity contribution < 1.29 is 19.1 Å². The molecular formula is C20H18O5. The minimum absolute atomic E-state index is 0.0104. The number of ether oxygens (including phenoxy) is 1. The van der Waals surface area contributed by atoms with Crippen LogP contribution in [0.15, 0.2) is 63.8 Å². The Morgan fingerprint density at radius 2 is 1.84 bits per heavy atom. The van der Waals surface area contributed by atoms with Crippen molar-refractivity contribution in [1.29, 1.82) is 0 Å². The summed E-state index contributed by atoms with van der Waals surface area (Å²) >= 11 is 0. The number of aliphatic carboxylic acids is 1. The maximum atomic E-state index is 11.9. The normalized spacial score (nSPS) is 11.4. The van der Waals surface area contributed by atoms with E-state index in [1.165, 1.54) is 6.07 Å². The Morgan fingerprint density at radius 1 is 1.12 bits per heavy atom. The summed E-state index contributed by atoms with van der Waals surface area (Å²) in [6.45, 7) is 3.18. The van der Waals surface area contributed by atoms with Gasteiger partial charge in [-0.3, -0.25) is 4.79 Å². The maximum absolute atomic E-state index is 11.9. The first-order valence-electron chi connectivity index (χ1n) is 7.86. The molecule has 25 heavy (non-hydrogen) atoms. The molecule has 0 spiro atoms. The van der Waals surface area contributed by atoms with Crippen molar-refractivity contribution in [2.75, 3.05) is 6.61 Å². The van der Waals surface area contributed by atoms with Gasteiger partial charge < -0.3 is 14.3 Å². The monoisotopic (exact) mass is 338 g/mol. The summed E-state index contributed by atoms with van der Waals surface area (Å²) in [7, 11) is 0. The van der Waals surface area contributed by atoms with Crippen LogP contribution >= 0.6 is 0 Å². The van der Waals surface area contributed by atoms with E-state index in [4.69, 9.17) is 14.3 Å². The lowest BCUT2D eigenvalue weighted by Crippen LogP contribution is -2.30. The van der Waals surface area contributed by atoms with E-state index in [9.17, 15) is 9.59 Å². The van der Waals surface area contributed by atoms with E-state index >= 15 is 0 Å². The van der Waals surface area contributed by atoms with Gasteiger partial charge in [0.15, 0.2) is 0 Å². The molecule has 0 saturated heterocycles. The lowest BCUT2D eigenvalue weighted by Gasteiger charge is -2.19. The summed E-state index contributed by atoms with van der Waals surface area (Å²) in [5.74, 6) is -0.485. The second-order valence-corrected chi connectivity index (χ2v) is 6.48. The minimum atomic E-state index is -1.01. The fourth-order valence-corrected chi connectivity index (χ4v) is 2.41. The van der Waals surface area contributed by atoms with Crippen molar-refractivity contribution in [3.63, 3.8) is 0 Å². The van der Waals surface area contributed by atoms with E-state index in [0.29, 0.717) is 11.3 Å². The average molecular weight is 338 g/mol. The van der Waals surface area contributed by atoms with Crippen molar-refractivity contribution >= 4 is 16.9 Å². The molecule has 2 aromatic carbocycles. The molecule has 0 unspecified atom stereocenters. The van der Waals surface area contributed by atoms with Gasteiger partial charge in [-0.25, -0.2) is 4.79 Å². The zero-order valence-corrected chi connectivity index (χ0v) is 14.0. The van der Waals surface area contributed by atoms with E-state index < -0.39 is 17.0 Å². The molecule has 1 N–H and O–H groups in total. The lowest BCUT2D eigenvalue weighted by atomic mass is 9.95. The van der Waals surface area contributed by atoms with E-state index in [2.05, 4.69) is 0 Å². The van der Waals surface area contributed by atoms with Gasteiger partial charge in [-0.2, -0.15) is 0 Å². The van der Waals surface area contributed by atoms with Crippen molar-refractivity contribution in [2.24, 2.45) is 5.41 Å². The summed E-state index contributed by atoms with van der Waals surface area (Å²) in [4.78, 5) is 23.1. The highest BCUT2D eigenvalue weighted by atomic mass is 16.5. The van der Waals surface area contributed by atoms with Crippen molar-refractivity contribution in [3.8, 4) is 16.9 Å². The van der Waals surface area contributed by atoms with Crippen LogP contribution in [0.25, 0.3) is 22.1 Å². The summed E-state index contributed by atoms with van der Waals surface area (Å²) in [6.07, 6.45) is 0. The van der Waals surface area contributed by atoms with Crippen LogP contribution in [0.3, 0.4) is 0 Å². The van der Waals surface area contributed by atoms with Gasteiger partial charge in [0.1, 0.15) is 17.9 Å². The molecule has 0 aliphatic rings. The molecule has 0 aliphatic heterocycles. The van der Waals surface area contributed by atoms with Crippen molar-refractivity contribution in [3.05, 3.63) is 65.0 Å². The predicted molar refractivity (Wildman–Crippen MR) is 94.8 cm³/mol. The molecule has 0 bridgehead atoms. The Morgan fingerprint density at radius 3 is 2.52 bits per heavy atom. The highest BCUT2D eigenvalue weighted by Crippen LogP contribution is 2.30. The van der Waals surface area contributed by atoms with Gasteiger partial charge in [0, 0.05) is 17.5 Å². The second-order valence-electron chi connectivity index (χ2n) is 6.48. The van der Waals surface area contributed by atoms with E-state index in [0.717, 1.165) is 16.5 Å². The summed E-state index contributed by atoms with van der Waals surface area (Å²) in [5.41, 5.74) is 0.637. The Labute approximate surface area is 144 Å². The fourth-order valence-electron chi connectivity index (χ4n) is 2.41. The molecule has 3 aromatic rings. The molecule has 0 amide bonds. The summed E-state index contributed by atoms with van der Waals surface area (Å²) in [5, 5.41) is 9.94. The van der Waals surface area contributed by atoms with E-state index in [1.54, 1.807) is 26.0 Å². The Kier molecular flexibility index (Phi) is 4.31. The third-order valence-electron chi connectivity index (χ3n) is 3.98. The van der Waals surface area contributed by atoms with Crippen LogP contribution in [0.4, 0.5) is 0 Å². The number of carboxylic acids is 1. The van der Waals surface area contributed by atoms with Crippen molar-refractivity contribution in [2.45, 2.75) is 13.8 Å². The first-order chi connectivity index (χ1) is 11.9. The van der Waals surface area contributed by atoms with Gasteiger partial charge in [-0.15, -0.1) is 0 Å². The smallest absolute Gasteiger partial charge is 0.336 e.